The van der Waals surface area contributed by atoms with Gasteiger partial charge in [-0.1, -0.05) is 0 Å². The highest BCUT2D eigenvalue weighted by Gasteiger charge is 2.16. The van der Waals surface area contributed by atoms with E-state index in [-0.39, 0.29) is 10.9 Å². The van der Waals surface area contributed by atoms with Gasteiger partial charge in [-0.05, 0) is 24.6 Å². The number of thiophene rings is 1. The van der Waals surface area contributed by atoms with Crippen molar-refractivity contribution in [3.8, 4) is 0 Å². The predicted molar refractivity (Wildman–Crippen MR) is 51.5 cm³/mol. The molecule has 4 heteroatoms. The predicted octanol–water partition coefficient (Wildman–Crippen LogP) is 4.29. The Morgan fingerprint density at radius 2 is 2.00 bits per heavy atom. The molecule has 0 N–H and O–H groups in total. The monoisotopic (exact) mass is 216 g/mol. The van der Waals surface area contributed by atoms with E-state index in [4.69, 9.17) is 0 Å². The number of hydrogen-bond donors (Lipinski definition) is 0. The quantitative estimate of drug-likeness (QED) is 0.667. The fourth-order valence-corrected chi connectivity index (χ4v) is 2.49. The van der Waals surface area contributed by atoms with Crippen molar-refractivity contribution in [3.05, 3.63) is 34.5 Å². The molecule has 0 aliphatic rings. The summed E-state index contributed by atoms with van der Waals surface area (Å²) in [4.78, 5) is 0. The first-order chi connectivity index (χ1) is 6.59. The molecular weight excluding hydrogens is 209 g/mol. The lowest BCUT2D eigenvalue weighted by Gasteiger charge is -1.99. The molecule has 0 spiro atoms. The second-order valence-electron chi connectivity index (χ2n) is 3.11. The summed E-state index contributed by atoms with van der Waals surface area (Å²) in [6, 6.07) is 3.00. The largest absolute Gasteiger partial charge is 0.265 e. The zero-order chi connectivity index (χ0) is 10.3. The van der Waals surface area contributed by atoms with E-state index < -0.39 is 12.2 Å². The first-order valence-corrected chi connectivity index (χ1v) is 4.93. The average Bonchev–Trinajstić information content (AvgIpc) is 2.47. The van der Waals surface area contributed by atoms with E-state index in [1.807, 2.05) is 0 Å². The van der Waals surface area contributed by atoms with E-state index in [1.54, 1.807) is 13.0 Å². The van der Waals surface area contributed by atoms with Crippen LogP contribution < -0.4 is 0 Å². The van der Waals surface area contributed by atoms with Crippen molar-refractivity contribution in [3.63, 3.8) is 0 Å². The van der Waals surface area contributed by atoms with Crippen LogP contribution in [0.25, 0.3) is 10.1 Å². The number of hydrogen-bond acceptors (Lipinski definition) is 1. The second kappa shape index (κ2) is 3.28. The Balaban J connectivity index is 2.79. The van der Waals surface area contributed by atoms with Gasteiger partial charge in [0.1, 0.15) is 5.82 Å². The van der Waals surface area contributed by atoms with E-state index >= 15 is 0 Å². The molecule has 2 rings (SSSR count). The van der Waals surface area contributed by atoms with Crippen LogP contribution in [0.2, 0.25) is 0 Å². The number of alkyl halides is 2. The lowest BCUT2D eigenvalue weighted by molar-refractivity contribution is 0.153. The Morgan fingerprint density at radius 1 is 1.29 bits per heavy atom. The smallest absolute Gasteiger partial charge is 0.206 e. The first kappa shape index (κ1) is 9.52. The van der Waals surface area contributed by atoms with Crippen LogP contribution in [-0.2, 0) is 0 Å². The average molecular weight is 216 g/mol. The summed E-state index contributed by atoms with van der Waals surface area (Å²) >= 11 is 1.15. The van der Waals surface area contributed by atoms with Gasteiger partial charge < -0.3 is 0 Å². The molecule has 0 amide bonds. The molecule has 0 atom stereocenters. The van der Waals surface area contributed by atoms with Crippen molar-refractivity contribution < 1.29 is 13.2 Å². The Labute approximate surface area is 83.0 Å². The van der Waals surface area contributed by atoms with Gasteiger partial charge >= 0.3 is 0 Å². The molecule has 0 aliphatic carbocycles. The third-order valence-electron chi connectivity index (χ3n) is 2.04. The highest BCUT2D eigenvalue weighted by Crippen LogP contribution is 2.35. The van der Waals surface area contributed by atoms with Gasteiger partial charge in [0.05, 0.1) is 0 Å². The standard InChI is InChI=1S/C10H7F3S/c1-5-2-7(11)9-6(10(12)13)4-14-8(9)3-5/h2-4,10H,1H3. The minimum Gasteiger partial charge on any atom is -0.206 e. The zero-order valence-corrected chi connectivity index (χ0v) is 8.17. The molecule has 0 aliphatic heterocycles. The molecule has 0 bridgehead atoms. The summed E-state index contributed by atoms with van der Waals surface area (Å²) in [6.45, 7) is 1.74. The molecule has 1 heterocycles. The zero-order valence-electron chi connectivity index (χ0n) is 7.35. The molecule has 0 saturated carbocycles. The number of rotatable bonds is 1. The van der Waals surface area contributed by atoms with Gasteiger partial charge in [0.15, 0.2) is 0 Å². The van der Waals surface area contributed by atoms with Gasteiger partial charge in [-0.2, -0.15) is 0 Å². The van der Waals surface area contributed by atoms with Crippen LogP contribution >= 0.6 is 11.3 Å². The van der Waals surface area contributed by atoms with Crippen molar-refractivity contribution in [2.24, 2.45) is 0 Å². The maximum atomic E-state index is 13.4. The van der Waals surface area contributed by atoms with E-state index in [9.17, 15) is 13.2 Å². The molecule has 74 valence electrons. The Hall–Kier alpha value is -1.03. The molecule has 0 fully saturated rings. The van der Waals surface area contributed by atoms with Gasteiger partial charge in [-0.3, -0.25) is 0 Å². The fraction of sp³-hybridized carbons (Fsp3) is 0.200. The van der Waals surface area contributed by atoms with Crippen LogP contribution in [0.3, 0.4) is 0 Å². The summed E-state index contributed by atoms with van der Waals surface area (Å²) in [5.74, 6) is -0.559. The van der Waals surface area contributed by atoms with Crippen LogP contribution in [0, 0.1) is 12.7 Å². The first-order valence-electron chi connectivity index (χ1n) is 4.05. The molecule has 0 radical (unpaired) electrons. The van der Waals surface area contributed by atoms with E-state index in [1.165, 1.54) is 11.4 Å². The third kappa shape index (κ3) is 1.39. The van der Waals surface area contributed by atoms with Crippen molar-refractivity contribution >= 4 is 21.4 Å². The SMILES string of the molecule is Cc1cc(F)c2c(C(F)F)csc2c1. The topological polar surface area (TPSA) is 0 Å². The van der Waals surface area contributed by atoms with Gasteiger partial charge in [0.2, 0.25) is 0 Å². The van der Waals surface area contributed by atoms with Crippen LogP contribution in [0.1, 0.15) is 17.6 Å². The minimum absolute atomic E-state index is 0.0654. The van der Waals surface area contributed by atoms with E-state index in [0.29, 0.717) is 4.70 Å². The van der Waals surface area contributed by atoms with Crippen molar-refractivity contribution in [1.82, 2.24) is 0 Å². The van der Waals surface area contributed by atoms with Crippen LogP contribution in [0.15, 0.2) is 17.5 Å². The molecule has 0 saturated heterocycles. The second-order valence-corrected chi connectivity index (χ2v) is 4.02. The molecule has 1 aromatic heterocycles. The fourth-order valence-electron chi connectivity index (χ4n) is 1.43. The summed E-state index contributed by atoms with van der Waals surface area (Å²) in [5.41, 5.74) is 0.542. The summed E-state index contributed by atoms with van der Waals surface area (Å²) in [7, 11) is 0. The number of benzene rings is 1. The maximum Gasteiger partial charge on any atom is 0.265 e. The van der Waals surface area contributed by atoms with Crippen molar-refractivity contribution in [2.45, 2.75) is 13.3 Å². The van der Waals surface area contributed by atoms with Crippen LogP contribution in [-0.4, -0.2) is 0 Å². The third-order valence-corrected chi connectivity index (χ3v) is 2.98. The van der Waals surface area contributed by atoms with Gasteiger partial charge in [-0.15, -0.1) is 11.3 Å². The molecule has 14 heavy (non-hydrogen) atoms. The van der Waals surface area contributed by atoms with Gasteiger partial charge in [0, 0.05) is 21.0 Å². The number of halogens is 3. The van der Waals surface area contributed by atoms with E-state index in [0.717, 1.165) is 16.9 Å². The summed E-state index contributed by atoms with van der Waals surface area (Å²) in [6.07, 6.45) is -2.61. The Bertz CT molecular complexity index is 473. The summed E-state index contributed by atoms with van der Waals surface area (Å²) < 4.78 is 38.9. The van der Waals surface area contributed by atoms with Crippen LogP contribution in [0.5, 0.6) is 0 Å². The minimum atomic E-state index is -2.61. The Morgan fingerprint density at radius 3 is 2.64 bits per heavy atom. The van der Waals surface area contributed by atoms with Gasteiger partial charge in [0.25, 0.3) is 6.43 Å². The van der Waals surface area contributed by atoms with Crippen molar-refractivity contribution in [2.75, 3.05) is 0 Å². The van der Waals surface area contributed by atoms with E-state index in [2.05, 4.69) is 0 Å². The molecular formula is C10H7F3S. The molecule has 0 nitrogen and oxygen atoms in total. The lowest BCUT2D eigenvalue weighted by atomic mass is 10.1. The highest BCUT2D eigenvalue weighted by atomic mass is 32.1. The van der Waals surface area contributed by atoms with Gasteiger partial charge in [-0.25, -0.2) is 13.2 Å². The highest BCUT2D eigenvalue weighted by molar-refractivity contribution is 7.17. The maximum absolute atomic E-state index is 13.4. The number of fused-ring (bicyclic) bond motifs is 1. The normalized spacial score (nSPS) is 11.5. The van der Waals surface area contributed by atoms with Crippen molar-refractivity contribution in [1.29, 1.82) is 0 Å². The lowest BCUT2D eigenvalue weighted by Crippen LogP contribution is -1.85. The molecule has 2 aromatic rings. The van der Waals surface area contributed by atoms with Crippen LogP contribution in [0.4, 0.5) is 13.2 Å². The molecule has 0 unspecified atom stereocenters. The summed E-state index contributed by atoms with van der Waals surface area (Å²) in [5, 5.41) is 1.38. The number of aryl methyl sites for hydroxylation is 1. The Kier molecular flexibility index (Phi) is 2.23. The molecule has 1 aromatic carbocycles.